The Morgan fingerprint density at radius 2 is 2.36 bits per heavy atom. The molecular weight excluding hydrogens is 142 g/mol. The minimum absolute atomic E-state index is 0.0831. The summed E-state index contributed by atoms with van der Waals surface area (Å²) >= 11 is 0. The van der Waals surface area contributed by atoms with Crippen LogP contribution in [-0.2, 0) is 6.61 Å². The summed E-state index contributed by atoms with van der Waals surface area (Å²) in [6.45, 7) is 1.32. The van der Waals surface area contributed by atoms with Crippen LogP contribution in [-0.4, -0.2) is 15.9 Å². The van der Waals surface area contributed by atoms with Crippen molar-refractivity contribution in [2.75, 3.05) is 0 Å². The Morgan fingerprint density at radius 3 is 2.91 bits per heavy atom. The van der Waals surface area contributed by atoms with Gasteiger partial charge < -0.3 is 5.11 Å². The van der Waals surface area contributed by atoms with Gasteiger partial charge in [0.05, 0.1) is 12.3 Å². The van der Waals surface area contributed by atoms with Gasteiger partial charge in [0.25, 0.3) is 0 Å². The molecule has 0 saturated heterocycles. The highest BCUT2D eigenvalue weighted by Gasteiger charge is 2.00. The molecule has 0 fully saturated rings. The molecule has 11 heavy (non-hydrogen) atoms. The monoisotopic (exact) mass is 151 g/mol. The average molecular weight is 151 g/mol. The van der Waals surface area contributed by atoms with Gasteiger partial charge in [-0.2, -0.15) is 0 Å². The molecule has 1 N–H and O–H groups in total. The lowest BCUT2D eigenvalue weighted by Crippen LogP contribution is -1.99. The Kier molecular flexibility index (Phi) is 2.33. The molecular formula is C8H9NO2. The molecule has 0 saturated carbocycles. The van der Waals surface area contributed by atoms with Crippen molar-refractivity contribution in [3.8, 4) is 0 Å². The molecule has 1 heterocycles. The molecule has 0 aromatic carbocycles. The van der Waals surface area contributed by atoms with Crippen molar-refractivity contribution in [2.45, 2.75) is 13.5 Å². The largest absolute Gasteiger partial charge is 0.390 e. The van der Waals surface area contributed by atoms with E-state index in [1.54, 1.807) is 18.2 Å². The maximum Gasteiger partial charge on any atom is 0.178 e. The summed E-state index contributed by atoms with van der Waals surface area (Å²) in [7, 11) is 0. The first-order valence-electron chi connectivity index (χ1n) is 3.32. The standard InChI is InChI=1S/C8H9NO2/c1-6(11)8-4-2-3-7(5-10)9-8/h2-4,10H,5H2,1H3. The molecule has 0 atom stereocenters. The van der Waals surface area contributed by atoms with E-state index in [0.29, 0.717) is 11.4 Å². The SMILES string of the molecule is CC(=O)c1cccc(CO)n1. The van der Waals surface area contributed by atoms with Crippen LogP contribution in [0.2, 0.25) is 0 Å². The predicted octanol–water partition coefficient (Wildman–Crippen LogP) is 0.776. The second-order valence-electron chi connectivity index (χ2n) is 2.23. The van der Waals surface area contributed by atoms with Crippen LogP contribution in [0, 0.1) is 0 Å². The number of aromatic nitrogens is 1. The number of carbonyl (C=O) groups excluding carboxylic acids is 1. The molecule has 1 aromatic heterocycles. The van der Waals surface area contributed by atoms with E-state index in [0.717, 1.165) is 0 Å². The third kappa shape index (κ3) is 1.85. The first kappa shape index (κ1) is 7.88. The number of hydrogen-bond donors (Lipinski definition) is 1. The number of rotatable bonds is 2. The van der Waals surface area contributed by atoms with Crippen LogP contribution in [0.5, 0.6) is 0 Å². The molecule has 1 aromatic rings. The third-order valence-electron chi connectivity index (χ3n) is 1.33. The fourth-order valence-corrected chi connectivity index (χ4v) is 0.764. The number of Topliss-reactive ketones (excluding diaryl/α,β-unsaturated/α-hetero) is 1. The highest BCUT2D eigenvalue weighted by molar-refractivity contribution is 5.92. The average Bonchev–Trinajstić information content (AvgIpc) is 2.05. The third-order valence-corrected chi connectivity index (χ3v) is 1.33. The summed E-state index contributed by atoms with van der Waals surface area (Å²) < 4.78 is 0. The van der Waals surface area contributed by atoms with E-state index in [1.807, 2.05) is 0 Å². The van der Waals surface area contributed by atoms with E-state index in [1.165, 1.54) is 6.92 Å². The Hall–Kier alpha value is -1.22. The molecule has 3 nitrogen and oxygen atoms in total. The van der Waals surface area contributed by atoms with Crippen molar-refractivity contribution in [3.05, 3.63) is 29.6 Å². The minimum atomic E-state index is -0.124. The van der Waals surface area contributed by atoms with Crippen LogP contribution < -0.4 is 0 Å². The second kappa shape index (κ2) is 3.25. The van der Waals surface area contributed by atoms with Crippen LogP contribution in [0.1, 0.15) is 23.1 Å². The van der Waals surface area contributed by atoms with E-state index >= 15 is 0 Å². The number of nitrogens with zero attached hydrogens (tertiary/aromatic N) is 1. The number of hydrogen-bond acceptors (Lipinski definition) is 3. The van der Waals surface area contributed by atoms with Gasteiger partial charge in [0.1, 0.15) is 5.69 Å². The Labute approximate surface area is 64.7 Å². The number of aliphatic hydroxyl groups excluding tert-OH is 1. The zero-order chi connectivity index (χ0) is 8.27. The summed E-state index contributed by atoms with van der Waals surface area (Å²) in [5.41, 5.74) is 0.925. The number of ketones is 1. The lowest BCUT2D eigenvalue weighted by atomic mass is 10.2. The normalized spacial score (nSPS) is 9.64. The number of pyridine rings is 1. The molecule has 1 rings (SSSR count). The van der Waals surface area contributed by atoms with Crippen molar-refractivity contribution >= 4 is 5.78 Å². The van der Waals surface area contributed by atoms with E-state index in [2.05, 4.69) is 4.98 Å². The lowest BCUT2D eigenvalue weighted by Gasteiger charge is -1.96. The van der Waals surface area contributed by atoms with Crippen molar-refractivity contribution in [1.82, 2.24) is 4.98 Å². The van der Waals surface area contributed by atoms with E-state index in [-0.39, 0.29) is 12.4 Å². The highest BCUT2D eigenvalue weighted by Crippen LogP contribution is 1.99. The zero-order valence-corrected chi connectivity index (χ0v) is 6.24. The fourth-order valence-electron chi connectivity index (χ4n) is 0.764. The Bertz CT molecular complexity index is 271. The van der Waals surface area contributed by atoms with Gasteiger partial charge in [-0.3, -0.25) is 4.79 Å². The molecule has 0 spiro atoms. The Morgan fingerprint density at radius 1 is 1.64 bits per heavy atom. The Balaban J connectivity index is 3.01. The highest BCUT2D eigenvalue weighted by atomic mass is 16.3. The molecule has 3 heteroatoms. The van der Waals surface area contributed by atoms with E-state index < -0.39 is 0 Å². The van der Waals surface area contributed by atoms with Crippen molar-refractivity contribution < 1.29 is 9.90 Å². The van der Waals surface area contributed by atoms with Crippen molar-refractivity contribution in [1.29, 1.82) is 0 Å². The predicted molar refractivity (Wildman–Crippen MR) is 40.2 cm³/mol. The van der Waals surface area contributed by atoms with Crippen LogP contribution >= 0.6 is 0 Å². The van der Waals surface area contributed by atoms with Gasteiger partial charge in [-0.15, -0.1) is 0 Å². The zero-order valence-electron chi connectivity index (χ0n) is 6.24. The molecule has 0 aliphatic rings. The summed E-state index contributed by atoms with van der Waals surface area (Å²) in [5, 5.41) is 8.67. The second-order valence-corrected chi connectivity index (χ2v) is 2.23. The van der Waals surface area contributed by atoms with Crippen molar-refractivity contribution in [3.63, 3.8) is 0 Å². The number of aliphatic hydroxyl groups is 1. The maximum atomic E-state index is 10.8. The topological polar surface area (TPSA) is 50.2 Å². The van der Waals surface area contributed by atoms with Crippen molar-refractivity contribution in [2.24, 2.45) is 0 Å². The number of carbonyl (C=O) groups is 1. The van der Waals surface area contributed by atoms with Gasteiger partial charge >= 0.3 is 0 Å². The smallest absolute Gasteiger partial charge is 0.178 e. The molecule has 0 aliphatic heterocycles. The van der Waals surface area contributed by atoms with Crippen LogP contribution in [0.4, 0.5) is 0 Å². The van der Waals surface area contributed by atoms with Gasteiger partial charge in [0, 0.05) is 6.92 Å². The first-order valence-corrected chi connectivity index (χ1v) is 3.32. The lowest BCUT2D eigenvalue weighted by molar-refractivity contribution is 0.101. The maximum absolute atomic E-state index is 10.8. The quantitative estimate of drug-likeness (QED) is 0.635. The first-order chi connectivity index (χ1) is 5.24. The molecule has 0 radical (unpaired) electrons. The molecule has 0 aliphatic carbocycles. The fraction of sp³-hybridized carbons (Fsp3) is 0.250. The van der Waals surface area contributed by atoms with Crippen LogP contribution in [0.25, 0.3) is 0 Å². The van der Waals surface area contributed by atoms with Gasteiger partial charge in [0.15, 0.2) is 5.78 Å². The van der Waals surface area contributed by atoms with Gasteiger partial charge in [0.2, 0.25) is 0 Å². The van der Waals surface area contributed by atoms with Gasteiger partial charge in [-0.1, -0.05) is 6.07 Å². The van der Waals surface area contributed by atoms with Crippen LogP contribution in [0.15, 0.2) is 18.2 Å². The van der Waals surface area contributed by atoms with Gasteiger partial charge in [-0.05, 0) is 12.1 Å². The minimum Gasteiger partial charge on any atom is -0.390 e. The van der Waals surface area contributed by atoms with E-state index in [9.17, 15) is 4.79 Å². The molecule has 58 valence electrons. The van der Waals surface area contributed by atoms with E-state index in [4.69, 9.17) is 5.11 Å². The molecule has 0 amide bonds. The van der Waals surface area contributed by atoms with Gasteiger partial charge in [-0.25, -0.2) is 4.98 Å². The van der Waals surface area contributed by atoms with Crippen LogP contribution in [0.3, 0.4) is 0 Å². The summed E-state index contributed by atoms with van der Waals surface area (Å²) in [6, 6.07) is 5.00. The summed E-state index contributed by atoms with van der Waals surface area (Å²) in [6.07, 6.45) is 0. The molecule has 0 bridgehead atoms. The summed E-state index contributed by atoms with van der Waals surface area (Å²) in [5.74, 6) is -0.0831. The molecule has 0 unspecified atom stereocenters. The summed E-state index contributed by atoms with van der Waals surface area (Å²) in [4.78, 5) is 14.7.